The molecule has 4 heteroatoms. The number of nitrogens with two attached hydrogens (primary N) is 1. The second kappa shape index (κ2) is 6.46. The van der Waals surface area contributed by atoms with Gasteiger partial charge in [0.25, 0.3) is 0 Å². The third-order valence-electron chi connectivity index (χ3n) is 3.77. The van der Waals surface area contributed by atoms with Gasteiger partial charge in [-0.2, -0.15) is 0 Å². The number of halogens is 1. The first-order valence-corrected chi connectivity index (χ1v) is 6.99. The molecule has 0 amide bonds. The predicted octanol–water partition coefficient (Wildman–Crippen LogP) is 2.32. The number of hydrogen-bond donors (Lipinski definition) is 1. The van der Waals surface area contributed by atoms with Gasteiger partial charge in [-0.1, -0.05) is 25.1 Å². The second-order valence-corrected chi connectivity index (χ2v) is 5.21. The molecule has 3 unspecified atom stereocenters. The molecule has 0 bridgehead atoms. The van der Waals surface area contributed by atoms with E-state index in [1.54, 1.807) is 6.07 Å². The van der Waals surface area contributed by atoms with Crippen molar-refractivity contribution in [2.75, 3.05) is 19.7 Å². The molecule has 2 rings (SSSR count). The van der Waals surface area contributed by atoms with E-state index in [4.69, 9.17) is 10.5 Å². The summed E-state index contributed by atoms with van der Waals surface area (Å²) in [6.45, 7) is 6.37. The van der Waals surface area contributed by atoms with Gasteiger partial charge in [0, 0.05) is 24.7 Å². The van der Waals surface area contributed by atoms with Gasteiger partial charge >= 0.3 is 0 Å². The molecule has 1 fully saturated rings. The van der Waals surface area contributed by atoms with Crippen LogP contribution in [0.3, 0.4) is 0 Å². The monoisotopic (exact) mass is 266 g/mol. The molecule has 0 radical (unpaired) electrons. The van der Waals surface area contributed by atoms with Gasteiger partial charge in [0.2, 0.25) is 0 Å². The molecule has 106 valence electrons. The Hall–Kier alpha value is -0.970. The zero-order valence-electron chi connectivity index (χ0n) is 11.7. The molecule has 1 aliphatic heterocycles. The Kier molecular flexibility index (Phi) is 4.91. The summed E-state index contributed by atoms with van der Waals surface area (Å²) < 4.78 is 19.6. The highest BCUT2D eigenvalue weighted by atomic mass is 19.1. The molecule has 0 spiro atoms. The largest absolute Gasteiger partial charge is 0.376 e. The molecule has 3 nitrogen and oxygen atoms in total. The van der Waals surface area contributed by atoms with Gasteiger partial charge in [0.05, 0.1) is 18.8 Å². The maximum atomic E-state index is 14.1. The summed E-state index contributed by atoms with van der Waals surface area (Å²) in [5, 5.41) is 0. The molecule has 0 saturated carbocycles. The Morgan fingerprint density at radius 3 is 2.84 bits per heavy atom. The molecular formula is C15H23FN2O. The Morgan fingerprint density at radius 1 is 1.47 bits per heavy atom. The normalized spacial score (nSPS) is 24.1. The van der Waals surface area contributed by atoms with Gasteiger partial charge in [-0.3, -0.25) is 4.90 Å². The Labute approximate surface area is 114 Å². The lowest BCUT2D eigenvalue weighted by Gasteiger charge is -2.40. The predicted molar refractivity (Wildman–Crippen MR) is 74.4 cm³/mol. The van der Waals surface area contributed by atoms with Crippen molar-refractivity contribution in [1.82, 2.24) is 4.90 Å². The van der Waals surface area contributed by atoms with Crippen LogP contribution < -0.4 is 5.73 Å². The van der Waals surface area contributed by atoms with Crippen molar-refractivity contribution in [3.8, 4) is 0 Å². The molecular weight excluding hydrogens is 243 g/mol. The quantitative estimate of drug-likeness (QED) is 0.909. The molecule has 1 heterocycles. The van der Waals surface area contributed by atoms with E-state index in [2.05, 4.69) is 4.90 Å². The van der Waals surface area contributed by atoms with Crippen molar-refractivity contribution in [3.05, 3.63) is 35.6 Å². The van der Waals surface area contributed by atoms with E-state index in [0.717, 1.165) is 19.5 Å². The minimum Gasteiger partial charge on any atom is -0.376 e. The highest BCUT2D eigenvalue weighted by Crippen LogP contribution is 2.28. The molecule has 0 aliphatic carbocycles. The third-order valence-corrected chi connectivity index (χ3v) is 3.77. The zero-order valence-corrected chi connectivity index (χ0v) is 11.7. The number of nitrogens with zero attached hydrogens (tertiary/aromatic N) is 1. The van der Waals surface area contributed by atoms with Gasteiger partial charge < -0.3 is 10.5 Å². The fourth-order valence-electron chi connectivity index (χ4n) is 2.73. The van der Waals surface area contributed by atoms with Crippen LogP contribution in [0.25, 0.3) is 0 Å². The van der Waals surface area contributed by atoms with Crippen molar-refractivity contribution < 1.29 is 9.13 Å². The van der Waals surface area contributed by atoms with Gasteiger partial charge in [-0.15, -0.1) is 0 Å². The summed E-state index contributed by atoms with van der Waals surface area (Å²) in [6.07, 6.45) is 0.997. The number of ether oxygens (including phenoxy) is 1. The van der Waals surface area contributed by atoms with E-state index >= 15 is 0 Å². The van der Waals surface area contributed by atoms with Crippen LogP contribution in [0, 0.1) is 5.82 Å². The van der Waals surface area contributed by atoms with E-state index in [1.165, 1.54) is 6.07 Å². The summed E-state index contributed by atoms with van der Waals surface area (Å²) in [5.41, 5.74) is 6.95. The summed E-state index contributed by atoms with van der Waals surface area (Å²) in [5.74, 6) is -0.171. The standard InChI is InChI=1S/C15H23FN2O/c1-3-14(17)15(12-6-4-5-7-13(12)16)18-8-9-19-11(2)10-18/h4-7,11,14-15H,3,8-10,17H2,1-2H3. The molecule has 1 saturated heterocycles. The first-order chi connectivity index (χ1) is 9.13. The summed E-state index contributed by atoms with van der Waals surface area (Å²) in [7, 11) is 0. The van der Waals surface area contributed by atoms with Crippen molar-refractivity contribution >= 4 is 0 Å². The molecule has 3 atom stereocenters. The van der Waals surface area contributed by atoms with Crippen LogP contribution in [0.5, 0.6) is 0 Å². The summed E-state index contributed by atoms with van der Waals surface area (Å²) >= 11 is 0. The average Bonchev–Trinajstić information content (AvgIpc) is 2.41. The molecule has 1 aliphatic rings. The number of benzene rings is 1. The van der Waals surface area contributed by atoms with Crippen molar-refractivity contribution in [1.29, 1.82) is 0 Å². The topological polar surface area (TPSA) is 38.5 Å². The maximum absolute atomic E-state index is 14.1. The van der Waals surface area contributed by atoms with E-state index in [1.807, 2.05) is 26.0 Å². The van der Waals surface area contributed by atoms with Crippen LogP contribution in [0.2, 0.25) is 0 Å². The van der Waals surface area contributed by atoms with Gasteiger partial charge in [0.1, 0.15) is 5.82 Å². The van der Waals surface area contributed by atoms with Crippen LogP contribution in [0.4, 0.5) is 4.39 Å². The van der Waals surface area contributed by atoms with Gasteiger partial charge in [-0.25, -0.2) is 4.39 Å². The van der Waals surface area contributed by atoms with Crippen molar-refractivity contribution in [2.45, 2.75) is 38.5 Å². The Bertz CT molecular complexity index is 413. The van der Waals surface area contributed by atoms with Gasteiger partial charge in [0.15, 0.2) is 0 Å². The van der Waals surface area contributed by atoms with Crippen LogP contribution >= 0.6 is 0 Å². The highest BCUT2D eigenvalue weighted by molar-refractivity contribution is 5.23. The zero-order chi connectivity index (χ0) is 13.8. The first kappa shape index (κ1) is 14.4. The fourth-order valence-corrected chi connectivity index (χ4v) is 2.73. The molecule has 2 N–H and O–H groups in total. The minimum atomic E-state index is -0.171. The van der Waals surface area contributed by atoms with Gasteiger partial charge in [-0.05, 0) is 19.4 Å². The fraction of sp³-hybridized carbons (Fsp3) is 0.600. The Morgan fingerprint density at radius 2 is 2.21 bits per heavy atom. The Balaban J connectivity index is 2.28. The van der Waals surface area contributed by atoms with Crippen LogP contribution in [0.1, 0.15) is 31.9 Å². The summed E-state index contributed by atoms with van der Waals surface area (Å²) in [4.78, 5) is 2.25. The number of hydrogen-bond acceptors (Lipinski definition) is 3. The van der Waals surface area contributed by atoms with Crippen molar-refractivity contribution in [2.24, 2.45) is 5.73 Å². The molecule has 1 aromatic rings. The number of rotatable bonds is 4. The highest BCUT2D eigenvalue weighted by Gasteiger charge is 2.30. The van der Waals surface area contributed by atoms with E-state index < -0.39 is 0 Å². The van der Waals surface area contributed by atoms with E-state index in [-0.39, 0.29) is 24.0 Å². The summed E-state index contributed by atoms with van der Waals surface area (Å²) in [6, 6.07) is 6.80. The van der Waals surface area contributed by atoms with Crippen LogP contribution in [0.15, 0.2) is 24.3 Å². The smallest absolute Gasteiger partial charge is 0.128 e. The lowest BCUT2D eigenvalue weighted by atomic mass is 9.95. The van der Waals surface area contributed by atoms with Crippen LogP contribution in [-0.2, 0) is 4.74 Å². The minimum absolute atomic E-state index is 0.0674. The molecule has 1 aromatic carbocycles. The van der Waals surface area contributed by atoms with Crippen LogP contribution in [-0.4, -0.2) is 36.7 Å². The lowest BCUT2D eigenvalue weighted by Crippen LogP contribution is -2.48. The third kappa shape index (κ3) is 3.32. The van der Waals surface area contributed by atoms with Crippen molar-refractivity contribution in [3.63, 3.8) is 0 Å². The maximum Gasteiger partial charge on any atom is 0.128 e. The number of morpholine rings is 1. The first-order valence-electron chi connectivity index (χ1n) is 6.99. The van der Waals surface area contributed by atoms with E-state index in [0.29, 0.717) is 12.2 Å². The molecule has 19 heavy (non-hydrogen) atoms. The van der Waals surface area contributed by atoms with E-state index in [9.17, 15) is 4.39 Å². The second-order valence-electron chi connectivity index (χ2n) is 5.21. The average molecular weight is 266 g/mol. The molecule has 0 aromatic heterocycles. The SMILES string of the molecule is CCC(N)C(c1ccccc1F)N1CCOC(C)C1. The lowest BCUT2D eigenvalue weighted by molar-refractivity contribution is -0.0392.